The Labute approximate surface area is 108 Å². The second-order valence-corrected chi connectivity index (χ2v) is 5.44. The van der Waals surface area contributed by atoms with E-state index in [0.29, 0.717) is 0 Å². The van der Waals surface area contributed by atoms with Crippen molar-refractivity contribution >= 4 is 0 Å². The lowest BCUT2D eigenvalue weighted by atomic mass is 9.72. The molecule has 0 aromatic rings. The minimum Gasteiger partial charge on any atom is -0.316 e. The molecule has 3 atom stereocenters. The van der Waals surface area contributed by atoms with Crippen LogP contribution in [0.3, 0.4) is 0 Å². The fourth-order valence-electron chi connectivity index (χ4n) is 3.01. The van der Waals surface area contributed by atoms with Crippen LogP contribution in [-0.2, 0) is 0 Å². The van der Waals surface area contributed by atoms with Gasteiger partial charge in [-0.1, -0.05) is 26.7 Å². The Kier molecular flexibility index (Phi) is 7.37. The molecule has 1 aliphatic carbocycles. The summed E-state index contributed by atoms with van der Waals surface area (Å²) < 4.78 is 0. The summed E-state index contributed by atoms with van der Waals surface area (Å²) in [5.74, 6) is 9.03. The van der Waals surface area contributed by atoms with Crippen LogP contribution in [0.15, 0.2) is 0 Å². The fourth-order valence-corrected chi connectivity index (χ4v) is 3.01. The lowest BCUT2D eigenvalue weighted by Gasteiger charge is -2.35. The third kappa shape index (κ3) is 5.13. The first-order valence-corrected chi connectivity index (χ1v) is 7.42. The fraction of sp³-hybridized carbons (Fsp3) is 0.875. The molecule has 1 aliphatic rings. The van der Waals surface area contributed by atoms with E-state index < -0.39 is 0 Å². The van der Waals surface area contributed by atoms with Crippen molar-refractivity contribution in [3.05, 3.63) is 0 Å². The Morgan fingerprint density at radius 1 is 1.18 bits per heavy atom. The van der Waals surface area contributed by atoms with Crippen molar-refractivity contribution in [2.45, 2.75) is 59.3 Å². The molecule has 1 saturated carbocycles. The summed E-state index contributed by atoms with van der Waals surface area (Å²) in [6.07, 6.45) is 7.96. The summed E-state index contributed by atoms with van der Waals surface area (Å²) in [4.78, 5) is 0. The van der Waals surface area contributed by atoms with E-state index >= 15 is 0 Å². The van der Waals surface area contributed by atoms with Gasteiger partial charge in [-0.3, -0.25) is 0 Å². The SMILES string of the molecule is CC#CCC1CC(CC)CCC1CNCCC. The molecule has 17 heavy (non-hydrogen) atoms. The molecule has 1 heteroatoms. The maximum atomic E-state index is 3.60. The number of hydrogen-bond donors (Lipinski definition) is 1. The van der Waals surface area contributed by atoms with Gasteiger partial charge in [0, 0.05) is 6.42 Å². The molecule has 1 rings (SSSR count). The Balaban J connectivity index is 2.43. The van der Waals surface area contributed by atoms with Crippen molar-refractivity contribution in [1.82, 2.24) is 5.32 Å². The van der Waals surface area contributed by atoms with Crippen molar-refractivity contribution in [3.8, 4) is 11.8 Å². The molecule has 0 bridgehead atoms. The highest BCUT2D eigenvalue weighted by atomic mass is 14.9. The smallest absolute Gasteiger partial charge is 0.0120 e. The third-order valence-electron chi connectivity index (χ3n) is 4.20. The molecular formula is C16H29N. The average Bonchev–Trinajstić information content (AvgIpc) is 2.37. The van der Waals surface area contributed by atoms with Crippen molar-refractivity contribution in [1.29, 1.82) is 0 Å². The summed E-state index contributed by atoms with van der Waals surface area (Å²) in [5.41, 5.74) is 0. The number of rotatable bonds is 6. The maximum absolute atomic E-state index is 3.60. The van der Waals surface area contributed by atoms with Crippen LogP contribution in [0.5, 0.6) is 0 Å². The van der Waals surface area contributed by atoms with Crippen molar-refractivity contribution in [2.24, 2.45) is 17.8 Å². The molecule has 0 heterocycles. The highest BCUT2D eigenvalue weighted by Gasteiger charge is 2.28. The predicted molar refractivity (Wildman–Crippen MR) is 75.8 cm³/mol. The van der Waals surface area contributed by atoms with E-state index in [4.69, 9.17) is 0 Å². The standard InChI is InChI=1S/C16H29N/c1-4-7-8-15-12-14(6-3)9-10-16(15)13-17-11-5-2/h14-17H,5-6,8-13H2,1-3H3. The summed E-state index contributed by atoms with van der Waals surface area (Å²) in [7, 11) is 0. The zero-order valence-corrected chi connectivity index (χ0v) is 11.9. The second-order valence-electron chi connectivity index (χ2n) is 5.44. The zero-order chi connectivity index (χ0) is 12.5. The first-order valence-electron chi connectivity index (χ1n) is 7.42. The molecule has 0 saturated heterocycles. The van der Waals surface area contributed by atoms with E-state index in [1.807, 2.05) is 6.92 Å². The van der Waals surface area contributed by atoms with Gasteiger partial charge in [-0.2, -0.15) is 0 Å². The van der Waals surface area contributed by atoms with Gasteiger partial charge in [0.2, 0.25) is 0 Å². The summed E-state index contributed by atoms with van der Waals surface area (Å²) in [6.45, 7) is 8.91. The van der Waals surface area contributed by atoms with Crippen molar-refractivity contribution < 1.29 is 0 Å². The first-order chi connectivity index (χ1) is 8.31. The molecule has 1 N–H and O–H groups in total. The highest BCUT2D eigenvalue weighted by Crippen LogP contribution is 2.36. The molecule has 0 spiro atoms. The van der Waals surface area contributed by atoms with Crippen LogP contribution in [-0.4, -0.2) is 13.1 Å². The van der Waals surface area contributed by atoms with Gasteiger partial charge in [-0.15, -0.1) is 11.8 Å². The summed E-state index contributed by atoms with van der Waals surface area (Å²) >= 11 is 0. The van der Waals surface area contributed by atoms with Gasteiger partial charge in [-0.05, 0) is 57.0 Å². The topological polar surface area (TPSA) is 12.0 Å². The van der Waals surface area contributed by atoms with Crippen LogP contribution < -0.4 is 5.32 Å². The van der Waals surface area contributed by atoms with E-state index in [0.717, 1.165) is 24.2 Å². The van der Waals surface area contributed by atoms with E-state index in [1.165, 1.54) is 45.2 Å². The average molecular weight is 235 g/mol. The van der Waals surface area contributed by atoms with Crippen LogP contribution in [0.25, 0.3) is 0 Å². The quantitative estimate of drug-likeness (QED) is 0.545. The second kappa shape index (κ2) is 8.59. The molecule has 0 aromatic carbocycles. The van der Waals surface area contributed by atoms with E-state index in [-0.39, 0.29) is 0 Å². The predicted octanol–water partition coefficient (Wildman–Crippen LogP) is 3.84. The van der Waals surface area contributed by atoms with Gasteiger partial charge in [-0.25, -0.2) is 0 Å². The van der Waals surface area contributed by atoms with Crippen molar-refractivity contribution in [3.63, 3.8) is 0 Å². The lowest BCUT2D eigenvalue weighted by Crippen LogP contribution is -2.33. The Morgan fingerprint density at radius 3 is 2.65 bits per heavy atom. The third-order valence-corrected chi connectivity index (χ3v) is 4.20. The van der Waals surface area contributed by atoms with Crippen LogP contribution in [0.4, 0.5) is 0 Å². The van der Waals surface area contributed by atoms with Crippen LogP contribution >= 0.6 is 0 Å². The molecule has 1 nitrogen and oxygen atoms in total. The van der Waals surface area contributed by atoms with Crippen LogP contribution in [0.1, 0.15) is 59.3 Å². The lowest BCUT2D eigenvalue weighted by molar-refractivity contribution is 0.175. The Morgan fingerprint density at radius 2 is 2.00 bits per heavy atom. The zero-order valence-electron chi connectivity index (χ0n) is 11.9. The number of nitrogens with one attached hydrogen (secondary N) is 1. The Hall–Kier alpha value is -0.480. The first kappa shape index (κ1) is 14.6. The van der Waals surface area contributed by atoms with Crippen molar-refractivity contribution in [2.75, 3.05) is 13.1 Å². The van der Waals surface area contributed by atoms with Gasteiger partial charge in [0.15, 0.2) is 0 Å². The van der Waals surface area contributed by atoms with Gasteiger partial charge in [0.25, 0.3) is 0 Å². The molecule has 0 aromatic heterocycles. The van der Waals surface area contributed by atoms with E-state index in [9.17, 15) is 0 Å². The van der Waals surface area contributed by atoms with Crippen LogP contribution in [0, 0.1) is 29.6 Å². The molecule has 98 valence electrons. The van der Waals surface area contributed by atoms with Crippen LogP contribution in [0.2, 0.25) is 0 Å². The molecule has 1 fully saturated rings. The minimum absolute atomic E-state index is 0.838. The largest absolute Gasteiger partial charge is 0.316 e. The highest BCUT2D eigenvalue weighted by molar-refractivity contribution is 4.98. The summed E-state index contributed by atoms with van der Waals surface area (Å²) in [5, 5.41) is 3.60. The van der Waals surface area contributed by atoms with E-state index in [1.54, 1.807) is 0 Å². The van der Waals surface area contributed by atoms with Gasteiger partial charge in [0.1, 0.15) is 0 Å². The van der Waals surface area contributed by atoms with Gasteiger partial charge >= 0.3 is 0 Å². The monoisotopic (exact) mass is 235 g/mol. The van der Waals surface area contributed by atoms with Gasteiger partial charge in [0.05, 0.1) is 0 Å². The number of hydrogen-bond acceptors (Lipinski definition) is 1. The van der Waals surface area contributed by atoms with Gasteiger partial charge < -0.3 is 5.32 Å². The van der Waals surface area contributed by atoms with E-state index in [2.05, 4.69) is 31.0 Å². The Bertz CT molecular complexity index is 246. The normalized spacial score (nSPS) is 28.5. The molecule has 0 amide bonds. The maximum Gasteiger partial charge on any atom is 0.0120 e. The molecule has 0 aliphatic heterocycles. The molecule has 3 unspecified atom stereocenters. The minimum atomic E-state index is 0.838. The molecular weight excluding hydrogens is 206 g/mol. The molecule has 0 radical (unpaired) electrons. The summed E-state index contributed by atoms with van der Waals surface area (Å²) in [6, 6.07) is 0.